The first-order valence-corrected chi connectivity index (χ1v) is 28.2. The number of hydrogen-bond donors (Lipinski definition) is 1. The standard InChI is InChI=1S/C65H39F4O8S.CHF3O3S/c66-46-17-5-40(6-18-46)61(70)74-50-25-13-44(14-26-50)65(45-15-27-51(28-16-45)75-62(71)41-7-19-47(67)20-8-41)59-4-2-1-3-57(59)58-38-37-56(39-60(58)65)78(54-33-29-52(30-34-54)76-63(72)42-9-21-48(68)22-10-42)55-35-31-53(32-36-55)77-64(73)43-11-23-49(69)24-12-43;2-1(3,4)8(5,6)7/h1-39H;(H,5,6,7)/q+1;. The molecule has 11 nitrogen and oxygen atoms in total. The average molecular weight is 1210 g/mol. The number of carbonyl (C=O) groups is 4. The van der Waals surface area contributed by atoms with Crippen LogP contribution in [0.2, 0.25) is 0 Å². The van der Waals surface area contributed by atoms with Gasteiger partial charge in [-0.25, -0.2) is 36.7 Å². The highest BCUT2D eigenvalue weighted by molar-refractivity contribution is 7.97. The molecule has 10 aromatic rings. The minimum Gasteiger partial charge on any atom is -0.423 e. The first-order valence-electron chi connectivity index (χ1n) is 25.5. The van der Waals surface area contributed by atoms with Gasteiger partial charge in [0.05, 0.1) is 38.6 Å². The number of carbonyl (C=O) groups excluding carboxylic acids is 4. The molecular weight excluding hydrogens is 1170 g/mol. The predicted octanol–water partition coefficient (Wildman–Crippen LogP) is 15.0. The van der Waals surface area contributed by atoms with Gasteiger partial charge >= 0.3 is 39.5 Å². The van der Waals surface area contributed by atoms with Crippen molar-refractivity contribution in [2.24, 2.45) is 0 Å². The van der Waals surface area contributed by atoms with Gasteiger partial charge in [-0.05, 0) is 221 Å². The third-order valence-corrected chi connectivity index (χ3v) is 16.2. The van der Waals surface area contributed by atoms with Crippen LogP contribution in [-0.2, 0) is 26.4 Å². The molecule has 430 valence electrons. The first kappa shape index (κ1) is 59.0. The molecule has 0 aliphatic heterocycles. The summed E-state index contributed by atoms with van der Waals surface area (Å²) in [5, 5.41) is 0. The van der Waals surface area contributed by atoms with Crippen LogP contribution in [0.25, 0.3) is 11.1 Å². The Labute approximate surface area is 488 Å². The second-order valence-electron chi connectivity index (χ2n) is 18.8. The van der Waals surface area contributed by atoms with E-state index >= 15 is 0 Å². The number of rotatable bonds is 13. The lowest BCUT2D eigenvalue weighted by Gasteiger charge is -2.34. The third kappa shape index (κ3) is 12.8. The summed E-state index contributed by atoms with van der Waals surface area (Å²) in [7, 11) is -6.76. The van der Waals surface area contributed by atoms with Crippen LogP contribution in [0.15, 0.2) is 251 Å². The van der Waals surface area contributed by atoms with Crippen LogP contribution in [-0.4, -0.2) is 42.4 Å². The van der Waals surface area contributed by atoms with Gasteiger partial charge in [-0.15, -0.1) is 0 Å². The molecule has 0 amide bonds. The number of benzene rings is 10. The van der Waals surface area contributed by atoms with E-state index in [4.69, 9.17) is 31.9 Å². The molecule has 0 spiro atoms. The molecule has 0 aromatic heterocycles. The number of hydrogen-bond acceptors (Lipinski definition) is 10. The van der Waals surface area contributed by atoms with Crippen LogP contribution < -0.4 is 18.9 Å². The quantitative estimate of drug-likeness (QED) is 0.0292. The summed E-state index contributed by atoms with van der Waals surface area (Å²) >= 11 is 0. The van der Waals surface area contributed by atoms with Crippen LogP contribution in [0, 0.1) is 23.3 Å². The van der Waals surface area contributed by atoms with Crippen molar-refractivity contribution in [1.29, 1.82) is 0 Å². The van der Waals surface area contributed by atoms with Gasteiger partial charge < -0.3 is 18.9 Å². The highest BCUT2D eigenvalue weighted by atomic mass is 32.2. The molecule has 20 heteroatoms. The lowest BCUT2D eigenvalue weighted by molar-refractivity contribution is -0.0510. The van der Waals surface area contributed by atoms with Crippen molar-refractivity contribution in [3.63, 3.8) is 0 Å². The molecule has 0 fully saturated rings. The summed E-state index contributed by atoms with van der Waals surface area (Å²) in [5.74, 6) is -3.66. The van der Waals surface area contributed by atoms with E-state index in [0.717, 1.165) is 48.1 Å². The summed E-state index contributed by atoms with van der Waals surface area (Å²) in [5.41, 5.74) is -0.719. The predicted molar refractivity (Wildman–Crippen MR) is 302 cm³/mol. The monoisotopic (exact) mass is 1210 g/mol. The number of fused-ring (bicyclic) bond motifs is 3. The normalized spacial score (nSPS) is 12.2. The zero-order chi connectivity index (χ0) is 60.9. The van der Waals surface area contributed by atoms with E-state index in [2.05, 4.69) is 24.3 Å². The molecule has 0 saturated carbocycles. The number of esters is 4. The highest BCUT2D eigenvalue weighted by Gasteiger charge is 2.48. The van der Waals surface area contributed by atoms with Gasteiger partial charge in [-0.3, -0.25) is 4.55 Å². The first-order chi connectivity index (χ1) is 41.1. The molecule has 1 N–H and O–H groups in total. The summed E-state index contributed by atoms with van der Waals surface area (Å²) in [6.07, 6.45) is 0. The molecule has 86 heavy (non-hydrogen) atoms. The van der Waals surface area contributed by atoms with Crippen LogP contribution in [0.3, 0.4) is 0 Å². The van der Waals surface area contributed by atoms with Crippen molar-refractivity contribution >= 4 is 44.9 Å². The van der Waals surface area contributed by atoms with Gasteiger partial charge in [0.15, 0.2) is 14.7 Å². The highest BCUT2D eigenvalue weighted by Crippen LogP contribution is 2.57. The third-order valence-electron chi connectivity index (χ3n) is 13.4. The van der Waals surface area contributed by atoms with Crippen LogP contribution >= 0.6 is 0 Å². The van der Waals surface area contributed by atoms with Gasteiger partial charge in [-0.1, -0.05) is 48.5 Å². The number of alkyl halides is 3. The fourth-order valence-electron chi connectivity index (χ4n) is 9.42. The molecule has 10 aromatic carbocycles. The Balaban J connectivity index is 0.000000958. The van der Waals surface area contributed by atoms with Crippen molar-refractivity contribution in [2.75, 3.05) is 0 Å². The van der Waals surface area contributed by atoms with Crippen molar-refractivity contribution in [2.45, 2.75) is 25.6 Å². The van der Waals surface area contributed by atoms with E-state index in [1.54, 1.807) is 48.5 Å². The maximum atomic E-state index is 13.7. The lowest BCUT2D eigenvalue weighted by Crippen LogP contribution is -2.29. The molecule has 1 aliphatic rings. The number of ether oxygens (including phenoxy) is 4. The molecule has 0 bridgehead atoms. The van der Waals surface area contributed by atoms with Gasteiger partial charge in [0, 0.05) is 0 Å². The van der Waals surface area contributed by atoms with Crippen molar-refractivity contribution in [3.8, 4) is 34.1 Å². The van der Waals surface area contributed by atoms with E-state index < -0.39 is 79.1 Å². The van der Waals surface area contributed by atoms with E-state index in [0.29, 0.717) is 0 Å². The molecule has 1 aliphatic carbocycles. The largest absolute Gasteiger partial charge is 0.522 e. The lowest BCUT2D eigenvalue weighted by atomic mass is 9.67. The molecule has 0 radical (unpaired) electrons. The average Bonchev–Trinajstić information content (AvgIpc) is 1.61. The summed E-state index contributed by atoms with van der Waals surface area (Å²) < 4.78 is 135. The Morgan fingerprint density at radius 3 is 0.965 bits per heavy atom. The Morgan fingerprint density at radius 2 is 0.651 bits per heavy atom. The fourth-order valence-corrected chi connectivity index (χ4v) is 11.5. The SMILES string of the molecule is O=C(Oc1ccc([S+](c2ccc(OC(=O)c3ccc(F)cc3)cc2)c2ccc3c(c2)C(c2ccc(OC(=O)c4ccc(F)cc4)cc2)(c2ccc(OC(=O)c4ccc(F)cc4)cc2)c2ccccc2-3)cc1)c1ccc(F)cc1.O=S(=O)(O)C(F)(F)F. The summed E-state index contributed by atoms with van der Waals surface area (Å²) in [6.45, 7) is 0. The van der Waals surface area contributed by atoms with Crippen LogP contribution in [0.4, 0.5) is 30.7 Å². The molecule has 11 rings (SSSR count). The zero-order valence-corrected chi connectivity index (χ0v) is 45.6. The van der Waals surface area contributed by atoms with Crippen molar-refractivity contribution in [1.82, 2.24) is 0 Å². The Hall–Kier alpha value is -10.2. The Bertz CT molecular complexity index is 4060. The minimum atomic E-state index is -5.84. The van der Waals surface area contributed by atoms with Gasteiger partial charge in [-0.2, -0.15) is 21.6 Å². The molecule has 0 atom stereocenters. The van der Waals surface area contributed by atoms with E-state index in [1.165, 1.54) is 97.1 Å². The minimum absolute atomic E-state index is 0.167. The summed E-state index contributed by atoms with van der Waals surface area (Å²) in [6, 6.07) is 62.9. The summed E-state index contributed by atoms with van der Waals surface area (Å²) in [4.78, 5) is 55.2. The smallest absolute Gasteiger partial charge is 0.423 e. The van der Waals surface area contributed by atoms with Gasteiger partial charge in [0.25, 0.3) is 0 Å². The number of halogens is 7. The van der Waals surface area contributed by atoms with Crippen molar-refractivity contribution < 1.29 is 81.8 Å². The maximum Gasteiger partial charge on any atom is 0.522 e. The fraction of sp³-hybridized carbons (Fsp3) is 0.0303. The van der Waals surface area contributed by atoms with Crippen molar-refractivity contribution in [3.05, 3.63) is 304 Å². The van der Waals surface area contributed by atoms with Gasteiger partial charge in [0.1, 0.15) is 46.3 Å². The molecule has 0 heterocycles. The Morgan fingerprint density at radius 1 is 0.372 bits per heavy atom. The van der Waals surface area contributed by atoms with Crippen LogP contribution in [0.5, 0.6) is 23.0 Å². The molecule has 0 saturated heterocycles. The second kappa shape index (κ2) is 24.6. The van der Waals surface area contributed by atoms with E-state index in [9.17, 15) is 49.9 Å². The van der Waals surface area contributed by atoms with Gasteiger partial charge in [0.2, 0.25) is 0 Å². The topological polar surface area (TPSA) is 160 Å². The molecule has 0 unspecified atom stereocenters. The maximum absolute atomic E-state index is 13.7. The zero-order valence-electron chi connectivity index (χ0n) is 44.0. The van der Waals surface area contributed by atoms with E-state index in [-0.39, 0.29) is 45.3 Å². The Kier molecular flexibility index (Phi) is 16.9. The second-order valence-corrected chi connectivity index (χ2v) is 22.2. The van der Waals surface area contributed by atoms with E-state index in [1.807, 2.05) is 66.7 Å². The molecular formula is C66H40F7O11S2+. The van der Waals surface area contributed by atoms with Crippen LogP contribution in [0.1, 0.15) is 63.7 Å².